The molecule has 0 amide bonds. The van der Waals surface area contributed by atoms with Crippen molar-refractivity contribution in [3.63, 3.8) is 0 Å². The van der Waals surface area contributed by atoms with E-state index in [2.05, 4.69) is 208 Å². The van der Waals surface area contributed by atoms with Crippen LogP contribution in [-0.4, -0.2) is 0 Å². The molecule has 0 unspecified atom stereocenters. The summed E-state index contributed by atoms with van der Waals surface area (Å²) in [6, 6.07) is 74.4. The minimum absolute atomic E-state index is 0.409. The molecule has 1 spiro atoms. The number of aryl methyl sites for hydroxylation is 2. The second-order valence-corrected chi connectivity index (χ2v) is 18.3. The van der Waals surface area contributed by atoms with Crippen LogP contribution in [0.25, 0.3) is 121 Å². The Kier molecular flexibility index (Phi) is 6.32. The third-order valence-corrected chi connectivity index (χ3v) is 15.3. The maximum Gasteiger partial charge on any atom is 0.0725 e. The number of benzene rings is 11. The Balaban J connectivity index is 1.03. The molecule has 0 fully saturated rings. The lowest BCUT2D eigenvalue weighted by atomic mass is 9.70. The summed E-state index contributed by atoms with van der Waals surface area (Å²) in [6.07, 6.45) is 0. The molecular weight excluding hydrogens is 757 g/mol. The SMILES string of the molecule is Cc1cc2c3c(c(C)cc(-c4ccc5cc6c(c(-c7ccccc7)c5c4)-c4cccc5c7c(cc-6c45)C4(c5ccccc5-c5ccccc54)c4ccccc4-7)c3c1)-c1ccccc1-2. The number of fused-ring (bicyclic) bond motifs is 18. The highest BCUT2D eigenvalue weighted by atomic mass is 14.5. The van der Waals surface area contributed by atoms with Gasteiger partial charge in [-0.2, -0.15) is 0 Å². The van der Waals surface area contributed by atoms with E-state index in [-0.39, 0.29) is 0 Å². The van der Waals surface area contributed by atoms with Crippen molar-refractivity contribution in [1.29, 1.82) is 0 Å². The molecule has 4 aliphatic rings. The fourth-order valence-corrected chi connectivity index (χ4v) is 13.0. The molecule has 0 atom stereocenters. The summed E-state index contributed by atoms with van der Waals surface area (Å²) >= 11 is 0. The summed E-state index contributed by atoms with van der Waals surface area (Å²) in [5, 5.41) is 7.97. The molecule has 0 saturated heterocycles. The summed E-state index contributed by atoms with van der Waals surface area (Å²) in [4.78, 5) is 0. The van der Waals surface area contributed by atoms with Gasteiger partial charge in [0.05, 0.1) is 5.41 Å². The number of hydrogen-bond donors (Lipinski definition) is 0. The molecule has 0 radical (unpaired) electrons. The Hall–Kier alpha value is -7.80. The first-order valence-corrected chi connectivity index (χ1v) is 22.3. The quantitative estimate of drug-likeness (QED) is 0.164. The van der Waals surface area contributed by atoms with Gasteiger partial charge in [-0.15, -0.1) is 0 Å². The zero-order valence-corrected chi connectivity index (χ0v) is 35.0. The topological polar surface area (TPSA) is 0 Å². The second-order valence-electron chi connectivity index (χ2n) is 18.3. The van der Waals surface area contributed by atoms with Crippen LogP contribution in [0.4, 0.5) is 0 Å². The van der Waals surface area contributed by atoms with E-state index in [1.807, 2.05) is 0 Å². The van der Waals surface area contributed by atoms with Crippen LogP contribution < -0.4 is 0 Å². The van der Waals surface area contributed by atoms with Crippen LogP contribution in [0.15, 0.2) is 194 Å². The molecule has 0 saturated carbocycles. The monoisotopic (exact) mass is 794 g/mol. The van der Waals surface area contributed by atoms with Crippen LogP contribution in [0.5, 0.6) is 0 Å². The van der Waals surface area contributed by atoms with E-state index >= 15 is 0 Å². The van der Waals surface area contributed by atoms with Crippen molar-refractivity contribution in [3.05, 3.63) is 228 Å². The molecule has 11 aromatic carbocycles. The average Bonchev–Trinajstić information content (AvgIpc) is 4.03. The molecule has 0 heteroatoms. The predicted octanol–water partition coefficient (Wildman–Crippen LogP) is 16.7. The van der Waals surface area contributed by atoms with E-state index in [4.69, 9.17) is 0 Å². The van der Waals surface area contributed by atoms with Gasteiger partial charge in [0.15, 0.2) is 0 Å². The molecule has 0 nitrogen and oxygen atoms in total. The fraction of sp³-hybridized carbons (Fsp3) is 0.0476. The summed E-state index contributed by atoms with van der Waals surface area (Å²) in [6.45, 7) is 4.55. The molecule has 63 heavy (non-hydrogen) atoms. The largest absolute Gasteiger partial charge is 0.0725 e. The summed E-state index contributed by atoms with van der Waals surface area (Å²) in [5.74, 6) is 0. The second kappa shape index (κ2) is 11.8. The molecule has 0 heterocycles. The molecule has 0 bridgehead atoms. The molecule has 0 aliphatic heterocycles. The average molecular weight is 795 g/mol. The first-order valence-electron chi connectivity index (χ1n) is 22.3. The first kappa shape index (κ1) is 33.9. The standard InChI is InChI=1S/C63H38/c1-35-29-49-40-17-6-7-20-43(40)57-36(2)31-47(50(30-35)62(49)57)38-27-28-39-33-51-52-34-56-60(45-22-14-23-46(59(45)52)61(51)58(48(39)32-38)37-15-4-3-5-16-37)44-21-10-13-26-55(44)63(56)53-24-11-8-18-41(53)42-19-9-12-25-54(42)63/h3-34H,1-2H3. The highest BCUT2D eigenvalue weighted by Gasteiger charge is 2.52. The van der Waals surface area contributed by atoms with Gasteiger partial charge in [0.2, 0.25) is 0 Å². The zero-order valence-electron chi connectivity index (χ0n) is 35.0. The molecule has 4 aliphatic carbocycles. The Morgan fingerprint density at radius 3 is 1.68 bits per heavy atom. The van der Waals surface area contributed by atoms with Crippen molar-refractivity contribution in [3.8, 4) is 89.0 Å². The maximum absolute atomic E-state index is 2.61. The van der Waals surface area contributed by atoms with E-state index in [0.29, 0.717) is 0 Å². The van der Waals surface area contributed by atoms with Crippen molar-refractivity contribution in [1.82, 2.24) is 0 Å². The molecular formula is C63H38. The number of hydrogen-bond acceptors (Lipinski definition) is 0. The molecule has 11 aromatic rings. The van der Waals surface area contributed by atoms with E-state index in [1.54, 1.807) is 0 Å². The van der Waals surface area contributed by atoms with Crippen molar-refractivity contribution in [2.45, 2.75) is 19.3 Å². The van der Waals surface area contributed by atoms with Gasteiger partial charge in [0, 0.05) is 0 Å². The van der Waals surface area contributed by atoms with Gasteiger partial charge in [0.1, 0.15) is 0 Å². The molecule has 0 aromatic heterocycles. The third-order valence-electron chi connectivity index (χ3n) is 15.3. The lowest BCUT2D eigenvalue weighted by Gasteiger charge is -2.30. The minimum atomic E-state index is -0.409. The highest BCUT2D eigenvalue weighted by Crippen LogP contribution is 2.66. The summed E-state index contributed by atoms with van der Waals surface area (Å²) in [5.41, 5.74) is 29.0. The van der Waals surface area contributed by atoms with Crippen LogP contribution in [-0.2, 0) is 5.41 Å². The lowest BCUT2D eigenvalue weighted by molar-refractivity contribution is 0.795. The Morgan fingerprint density at radius 2 is 0.921 bits per heavy atom. The smallest absolute Gasteiger partial charge is 0.0622 e. The minimum Gasteiger partial charge on any atom is -0.0622 e. The fourth-order valence-electron chi connectivity index (χ4n) is 13.0. The molecule has 290 valence electrons. The van der Waals surface area contributed by atoms with Crippen LogP contribution in [0.3, 0.4) is 0 Å². The van der Waals surface area contributed by atoms with Crippen LogP contribution in [0, 0.1) is 13.8 Å². The van der Waals surface area contributed by atoms with Gasteiger partial charge in [-0.25, -0.2) is 0 Å². The Bertz CT molecular complexity index is 3870. The van der Waals surface area contributed by atoms with Gasteiger partial charge in [-0.3, -0.25) is 0 Å². The Labute approximate surface area is 366 Å². The summed E-state index contributed by atoms with van der Waals surface area (Å²) in [7, 11) is 0. The highest BCUT2D eigenvalue weighted by molar-refractivity contribution is 6.26. The third kappa shape index (κ3) is 4.04. The van der Waals surface area contributed by atoms with Crippen LogP contribution >= 0.6 is 0 Å². The van der Waals surface area contributed by atoms with Gasteiger partial charge < -0.3 is 0 Å². The zero-order chi connectivity index (χ0) is 41.3. The van der Waals surface area contributed by atoms with Gasteiger partial charge in [-0.05, 0) is 187 Å². The Morgan fingerprint density at radius 1 is 0.286 bits per heavy atom. The lowest BCUT2D eigenvalue weighted by Crippen LogP contribution is -2.25. The first-order chi connectivity index (χ1) is 31.1. The molecule has 15 rings (SSSR count). The maximum atomic E-state index is 2.61. The van der Waals surface area contributed by atoms with E-state index in [9.17, 15) is 0 Å². The van der Waals surface area contributed by atoms with Crippen molar-refractivity contribution in [2.75, 3.05) is 0 Å². The van der Waals surface area contributed by atoms with Crippen molar-refractivity contribution in [2.24, 2.45) is 0 Å². The van der Waals surface area contributed by atoms with E-state index in [1.165, 1.54) is 155 Å². The van der Waals surface area contributed by atoms with Gasteiger partial charge >= 0.3 is 0 Å². The predicted molar refractivity (Wildman–Crippen MR) is 264 cm³/mol. The molecule has 0 N–H and O–H groups in total. The summed E-state index contributed by atoms with van der Waals surface area (Å²) < 4.78 is 0. The van der Waals surface area contributed by atoms with Crippen LogP contribution in [0.1, 0.15) is 33.4 Å². The van der Waals surface area contributed by atoms with Crippen LogP contribution in [0.2, 0.25) is 0 Å². The van der Waals surface area contributed by atoms with Gasteiger partial charge in [-0.1, -0.05) is 176 Å². The van der Waals surface area contributed by atoms with E-state index < -0.39 is 5.41 Å². The van der Waals surface area contributed by atoms with Gasteiger partial charge in [0.25, 0.3) is 0 Å². The van der Waals surface area contributed by atoms with E-state index in [0.717, 1.165) is 0 Å². The van der Waals surface area contributed by atoms with Crippen molar-refractivity contribution >= 4 is 32.3 Å². The normalized spacial score (nSPS) is 13.7. The number of rotatable bonds is 2. The van der Waals surface area contributed by atoms with Crippen molar-refractivity contribution < 1.29 is 0 Å².